The van der Waals surface area contributed by atoms with Crippen molar-refractivity contribution < 1.29 is 12.9 Å². The van der Waals surface area contributed by atoms with Gasteiger partial charge in [0.15, 0.2) is 5.82 Å². The zero-order valence-electron chi connectivity index (χ0n) is 12.9. The summed E-state index contributed by atoms with van der Waals surface area (Å²) in [6, 6.07) is 6.75. The van der Waals surface area contributed by atoms with Crippen molar-refractivity contribution in [2.75, 3.05) is 7.05 Å². The molecule has 1 aromatic carbocycles. The molecular weight excluding hydrogens is 316 g/mol. The van der Waals surface area contributed by atoms with Crippen LogP contribution in [0, 0.1) is 0 Å². The molecule has 2 aromatic rings. The Morgan fingerprint density at radius 3 is 2.52 bits per heavy atom. The molecule has 0 aliphatic heterocycles. The highest BCUT2D eigenvalue weighted by atomic mass is 32.2. The van der Waals surface area contributed by atoms with E-state index in [1.807, 2.05) is 0 Å². The van der Waals surface area contributed by atoms with Gasteiger partial charge in [0, 0.05) is 6.42 Å². The topological polar surface area (TPSA) is 111 Å². The van der Waals surface area contributed by atoms with E-state index in [0.717, 1.165) is 24.8 Å². The van der Waals surface area contributed by atoms with Gasteiger partial charge in [-0.25, -0.2) is 13.1 Å². The number of aryl methyl sites for hydroxylation is 2. The molecule has 3 rings (SSSR count). The quantitative estimate of drug-likeness (QED) is 0.817. The van der Waals surface area contributed by atoms with Crippen LogP contribution in [0.2, 0.25) is 0 Å². The highest BCUT2D eigenvalue weighted by molar-refractivity contribution is 7.89. The monoisotopic (exact) mass is 336 g/mol. The second-order valence-electron chi connectivity index (χ2n) is 5.87. The molecule has 1 heterocycles. The second-order valence-corrected chi connectivity index (χ2v) is 7.76. The second kappa shape index (κ2) is 6.03. The molecule has 1 aromatic heterocycles. The molecule has 8 heteroatoms. The van der Waals surface area contributed by atoms with Gasteiger partial charge in [0.25, 0.3) is 0 Å². The summed E-state index contributed by atoms with van der Waals surface area (Å²) in [5.41, 5.74) is 6.76. The first-order chi connectivity index (χ1) is 10.9. The molecule has 0 radical (unpaired) electrons. The molecule has 1 fully saturated rings. The molecular formula is C15H20N4O3S. The first kappa shape index (κ1) is 16.1. The van der Waals surface area contributed by atoms with Gasteiger partial charge in [-0.05, 0) is 50.4 Å². The maximum absolute atomic E-state index is 11.7. The summed E-state index contributed by atoms with van der Waals surface area (Å²) < 4.78 is 30.9. The normalized spacial score (nSPS) is 17.0. The molecule has 1 aliphatic rings. The SMILES string of the molecule is CNS(=O)(=O)c1ccc(CCc2nc(C3(N)CCC3)no2)cc1. The standard InChI is InChI=1S/C15H20N4O3S/c1-17-23(20,21)12-6-3-11(4-7-12)5-8-13-18-14(19-22-13)15(16)9-2-10-15/h3-4,6-7,17H,2,5,8-10,16H2,1H3. The molecule has 124 valence electrons. The molecule has 1 saturated carbocycles. The molecule has 0 spiro atoms. The zero-order chi connectivity index (χ0) is 16.5. The van der Waals surface area contributed by atoms with Gasteiger partial charge in [-0.1, -0.05) is 17.3 Å². The van der Waals surface area contributed by atoms with Gasteiger partial charge in [0.2, 0.25) is 15.9 Å². The van der Waals surface area contributed by atoms with E-state index >= 15 is 0 Å². The highest BCUT2D eigenvalue weighted by Crippen LogP contribution is 2.36. The van der Waals surface area contributed by atoms with Crippen molar-refractivity contribution in [1.82, 2.24) is 14.9 Å². The van der Waals surface area contributed by atoms with E-state index in [4.69, 9.17) is 10.3 Å². The molecule has 0 unspecified atom stereocenters. The number of nitrogens with one attached hydrogen (secondary N) is 1. The Morgan fingerprint density at radius 1 is 1.26 bits per heavy atom. The van der Waals surface area contributed by atoms with Crippen molar-refractivity contribution in [2.24, 2.45) is 5.73 Å². The van der Waals surface area contributed by atoms with Gasteiger partial charge in [-0.3, -0.25) is 0 Å². The smallest absolute Gasteiger partial charge is 0.240 e. The Morgan fingerprint density at radius 2 is 1.96 bits per heavy atom. The van der Waals surface area contributed by atoms with Crippen molar-refractivity contribution >= 4 is 10.0 Å². The van der Waals surface area contributed by atoms with E-state index in [2.05, 4.69) is 14.9 Å². The fourth-order valence-corrected chi connectivity index (χ4v) is 3.27. The maximum Gasteiger partial charge on any atom is 0.240 e. The minimum absolute atomic E-state index is 0.249. The van der Waals surface area contributed by atoms with Gasteiger partial charge < -0.3 is 10.3 Å². The molecule has 7 nitrogen and oxygen atoms in total. The predicted octanol–water partition coefficient (Wildman–Crippen LogP) is 1.10. The lowest BCUT2D eigenvalue weighted by Crippen LogP contribution is -2.44. The average Bonchev–Trinajstić information content (AvgIpc) is 3.00. The number of benzene rings is 1. The van der Waals surface area contributed by atoms with Crippen LogP contribution in [0.15, 0.2) is 33.7 Å². The third-order valence-corrected chi connectivity index (χ3v) is 5.72. The Hall–Kier alpha value is -1.77. The molecule has 1 aliphatic carbocycles. The Kier molecular flexibility index (Phi) is 4.22. The fourth-order valence-electron chi connectivity index (χ4n) is 2.54. The van der Waals surface area contributed by atoms with Crippen molar-refractivity contribution in [3.8, 4) is 0 Å². The van der Waals surface area contributed by atoms with Crippen LogP contribution in [-0.2, 0) is 28.4 Å². The van der Waals surface area contributed by atoms with Gasteiger partial charge >= 0.3 is 0 Å². The van der Waals surface area contributed by atoms with Crippen molar-refractivity contribution in [3.05, 3.63) is 41.5 Å². The van der Waals surface area contributed by atoms with Crippen LogP contribution in [0.3, 0.4) is 0 Å². The summed E-state index contributed by atoms with van der Waals surface area (Å²) >= 11 is 0. The highest BCUT2D eigenvalue weighted by Gasteiger charge is 2.38. The number of sulfonamides is 1. The first-order valence-corrected chi connectivity index (χ1v) is 9.06. The number of nitrogens with two attached hydrogens (primary N) is 1. The van der Waals surface area contributed by atoms with Crippen molar-refractivity contribution in [2.45, 2.75) is 42.5 Å². The number of rotatable bonds is 6. The van der Waals surface area contributed by atoms with Crippen molar-refractivity contribution in [1.29, 1.82) is 0 Å². The summed E-state index contributed by atoms with van der Waals surface area (Å²) in [5, 5.41) is 3.98. The van der Waals surface area contributed by atoms with Crippen LogP contribution in [0.25, 0.3) is 0 Å². The van der Waals surface area contributed by atoms with Crippen LogP contribution in [-0.4, -0.2) is 25.6 Å². The van der Waals surface area contributed by atoms with E-state index in [-0.39, 0.29) is 4.90 Å². The summed E-state index contributed by atoms with van der Waals surface area (Å²) in [6.07, 6.45) is 4.18. The van der Waals surface area contributed by atoms with Crippen LogP contribution < -0.4 is 10.5 Å². The molecule has 0 atom stereocenters. The first-order valence-electron chi connectivity index (χ1n) is 7.57. The molecule has 0 bridgehead atoms. The summed E-state index contributed by atoms with van der Waals surface area (Å²) in [5.74, 6) is 1.15. The molecule has 0 amide bonds. The van der Waals surface area contributed by atoms with Crippen LogP contribution in [0.1, 0.15) is 36.5 Å². The van der Waals surface area contributed by atoms with Crippen LogP contribution in [0.5, 0.6) is 0 Å². The van der Waals surface area contributed by atoms with E-state index in [9.17, 15) is 8.42 Å². The third kappa shape index (κ3) is 3.29. The van der Waals surface area contributed by atoms with E-state index in [1.54, 1.807) is 24.3 Å². The number of aromatic nitrogens is 2. The largest absolute Gasteiger partial charge is 0.339 e. The predicted molar refractivity (Wildman–Crippen MR) is 84.1 cm³/mol. The van der Waals surface area contributed by atoms with Gasteiger partial charge in [-0.15, -0.1) is 0 Å². The Balaban J connectivity index is 1.62. The van der Waals surface area contributed by atoms with Crippen molar-refractivity contribution in [3.63, 3.8) is 0 Å². The lowest BCUT2D eigenvalue weighted by molar-refractivity contribution is 0.229. The lowest BCUT2D eigenvalue weighted by Gasteiger charge is -2.34. The summed E-state index contributed by atoms with van der Waals surface area (Å²) in [7, 11) is -2.00. The Labute approximate surface area is 135 Å². The molecule has 3 N–H and O–H groups in total. The maximum atomic E-state index is 11.7. The lowest BCUT2D eigenvalue weighted by atomic mass is 9.77. The Bertz CT molecular complexity index is 779. The summed E-state index contributed by atoms with van der Waals surface area (Å²) in [6.45, 7) is 0. The fraction of sp³-hybridized carbons (Fsp3) is 0.467. The number of hydrogen-bond acceptors (Lipinski definition) is 6. The van der Waals surface area contributed by atoms with Gasteiger partial charge in [0.05, 0.1) is 10.4 Å². The average molecular weight is 336 g/mol. The van der Waals surface area contributed by atoms with Crippen LogP contribution in [0.4, 0.5) is 0 Å². The summed E-state index contributed by atoms with van der Waals surface area (Å²) in [4.78, 5) is 4.63. The zero-order valence-corrected chi connectivity index (χ0v) is 13.8. The number of hydrogen-bond donors (Lipinski definition) is 2. The minimum atomic E-state index is -3.40. The number of nitrogens with zero attached hydrogens (tertiary/aromatic N) is 2. The van der Waals surface area contributed by atoms with E-state index < -0.39 is 15.6 Å². The van der Waals surface area contributed by atoms with Gasteiger partial charge in [-0.2, -0.15) is 4.98 Å². The van der Waals surface area contributed by atoms with Gasteiger partial charge in [0.1, 0.15) is 0 Å². The third-order valence-electron chi connectivity index (χ3n) is 4.29. The molecule has 0 saturated heterocycles. The van der Waals surface area contributed by atoms with E-state index in [0.29, 0.717) is 24.6 Å². The van der Waals surface area contributed by atoms with E-state index in [1.165, 1.54) is 7.05 Å². The van der Waals surface area contributed by atoms with Crippen LogP contribution >= 0.6 is 0 Å². The molecule has 23 heavy (non-hydrogen) atoms. The minimum Gasteiger partial charge on any atom is -0.339 e.